The fraction of sp³-hybridized carbons (Fsp3) is 0.286. The molecule has 0 atom stereocenters. The van der Waals surface area contributed by atoms with Gasteiger partial charge in [-0.05, 0) is 51.1 Å². The molecule has 0 aliphatic rings. The number of hydrogen-bond donors (Lipinski definition) is 1. The minimum atomic E-state index is -0.744. The van der Waals surface area contributed by atoms with E-state index in [0.29, 0.717) is 16.9 Å². The van der Waals surface area contributed by atoms with Crippen molar-refractivity contribution in [3.8, 4) is 5.88 Å². The lowest BCUT2D eigenvalue weighted by atomic mass is 10.1. The summed E-state index contributed by atoms with van der Waals surface area (Å²) in [6.07, 6.45) is 2.27. The molecule has 43 heavy (non-hydrogen) atoms. The molecule has 0 fully saturated rings. The number of ether oxygens (including phenoxy) is 4. The Morgan fingerprint density at radius 1 is 0.930 bits per heavy atom. The van der Waals surface area contributed by atoms with Gasteiger partial charge in [0.25, 0.3) is 5.69 Å². The number of carbonyl (C=O) groups excluding carboxylic acids is 3. The van der Waals surface area contributed by atoms with Crippen LogP contribution in [0.3, 0.4) is 0 Å². The van der Waals surface area contributed by atoms with Gasteiger partial charge in [-0.25, -0.2) is 29.3 Å². The van der Waals surface area contributed by atoms with Crippen LogP contribution >= 0.6 is 0 Å². The Bertz CT molecular complexity index is 1650. The number of nitro benzene ring substituents is 1. The number of nitrogens with one attached hydrogen (secondary N) is 1. The van der Waals surface area contributed by atoms with Crippen molar-refractivity contribution in [3.05, 3.63) is 81.6 Å². The predicted molar refractivity (Wildman–Crippen MR) is 151 cm³/mol. The van der Waals surface area contributed by atoms with Gasteiger partial charge >= 0.3 is 18.0 Å². The molecular formula is C28H28N6O9. The molecule has 0 bridgehead atoms. The molecule has 4 aromatic rings. The van der Waals surface area contributed by atoms with Gasteiger partial charge in [-0.15, -0.1) is 0 Å². The number of amides is 1. The highest BCUT2D eigenvalue weighted by atomic mass is 16.6. The monoisotopic (exact) mass is 592 g/mol. The molecule has 0 aliphatic heterocycles. The molecule has 2 aromatic heterocycles. The quantitative estimate of drug-likeness (QED) is 0.107. The minimum absolute atomic E-state index is 0.0297. The molecule has 0 spiro atoms. The summed E-state index contributed by atoms with van der Waals surface area (Å²) in [5.41, 5.74) is 1.49. The maximum absolute atomic E-state index is 12.4. The topological polar surface area (TPSA) is 187 Å². The Kier molecular flexibility index (Phi) is 9.78. The Balaban J connectivity index is 1.46. The van der Waals surface area contributed by atoms with Crippen molar-refractivity contribution in [1.82, 2.24) is 19.5 Å². The number of hydrogen-bond acceptors (Lipinski definition) is 12. The zero-order valence-corrected chi connectivity index (χ0v) is 23.6. The molecule has 2 aromatic carbocycles. The predicted octanol–water partition coefficient (Wildman–Crippen LogP) is 4.28. The Labute approximate surface area is 244 Å². The van der Waals surface area contributed by atoms with E-state index in [4.69, 9.17) is 18.9 Å². The van der Waals surface area contributed by atoms with E-state index in [1.807, 2.05) is 0 Å². The van der Waals surface area contributed by atoms with E-state index in [1.165, 1.54) is 42.7 Å². The highest BCUT2D eigenvalue weighted by Crippen LogP contribution is 2.28. The lowest BCUT2D eigenvalue weighted by molar-refractivity contribution is -0.385. The zero-order valence-electron chi connectivity index (χ0n) is 23.6. The summed E-state index contributed by atoms with van der Waals surface area (Å²) < 4.78 is 22.2. The third kappa shape index (κ3) is 7.58. The standard InChI is InChI=1S/C28H28N6O9/c1-4-40-25-24(27(36)42-6-3)31-21-11-18(23(34(38)39)12-22(21)32-25)13-33-14-20(29-16-33)15-43-28(37)30-19-9-7-17(8-10-19)26(35)41-5-2/h7-12,14,16H,4-6,13,15H2,1-3H3,(H,30,37). The fourth-order valence-electron chi connectivity index (χ4n) is 3.95. The highest BCUT2D eigenvalue weighted by Gasteiger charge is 2.23. The normalized spacial score (nSPS) is 10.7. The number of benzene rings is 2. The molecule has 224 valence electrons. The van der Waals surface area contributed by atoms with Crippen LogP contribution in [0.15, 0.2) is 48.9 Å². The smallest absolute Gasteiger partial charge is 0.412 e. The number of anilines is 1. The van der Waals surface area contributed by atoms with Crippen LogP contribution in [0.4, 0.5) is 16.2 Å². The maximum atomic E-state index is 12.4. The van der Waals surface area contributed by atoms with Crippen LogP contribution in [0.1, 0.15) is 52.9 Å². The van der Waals surface area contributed by atoms with Crippen molar-refractivity contribution in [1.29, 1.82) is 0 Å². The van der Waals surface area contributed by atoms with E-state index in [1.54, 1.807) is 31.5 Å². The number of nitrogens with zero attached hydrogens (tertiary/aromatic N) is 5. The van der Waals surface area contributed by atoms with Crippen molar-refractivity contribution >= 4 is 40.4 Å². The van der Waals surface area contributed by atoms with Crippen LogP contribution in [0.2, 0.25) is 0 Å². The van der Waals surface area contributed by atoms with Gasteiger partial charge in [-0.3, -0.25) is 15.4 Å². The first kappa shape index (κ1) is 30.4. The summed E-state index contributed by atoms with van der Waals surface area (Å²) in [5.74, 6) is -1.27. The van der Waals surface area contributed by atoms with Crippen LogP contribution in [0.25, 0.3) is 11.0 Å². The molecule has 0 aliphatic carbocycles. The van der Waals surface area contributed by atoms with Crippen molar-refractivity contribution in [3.63, 3.8) is 0 Å². The van der Waals surface area contributed by atoms with E-state index >= 15 is 0 Å². The lowest BCUT2D eigenvalue weighted by Gasteiger charge is -2.11. The van der Waals surface area contributed by atoms with Crippen molar-refractivity contribution in [2.75, 3.05) is 25.1 Å². The summed E-state index contributed by atoms with van der Waals surface area (Å²) in [6, 6.07) is 8.84. The van der Waals surface area contributed by atoms with Gasteiger partial charge in [0.05, 0.1) is 65.5 Å². The van der Waals surface area contributed by atoms with Crippen LogP contribution in [-0.4, -0.2) is 62.3 Å². The molecule has 15 nitrogen and oxygen atoms in total. The molecule has 0 radical (unpaired) electrons. The average molecular weight is 593 g/mol. The van der Waals surface area contributed by atoms with Gasteiger partial charge in [0.1, 0.15) is 6.61 Å². The molecule has 0 unspecified atom stereocenters. The van der Waals surface area contributed by atoms with Gasteiger partial charge in [-0.2, -0.15) is 0 Å². The lowest BCUT2D eigenvalue weighted by Crippen LogP contribution is -2.14. The van der Waals surface area contributed by atoms with Crippen LogP contribution in [-0.2, 0) is 27.4 Å². The fourth-order valence-corrected chi connectivity index (χ4v) is 3.95. The van der Waals surface area contributed by atoms with Gasteiger partial charge in [0.2, 0.25) is 11.6 Å². The minimum Gasteiger partial charge on any atom is -0.476 e. The largest absolute Gasteiger partial charge is 0.476 e. The zero-order chi connectivity index (χ0) is 30.9. The summed E-state index contributed by atoms with van der Waals surface area (Å²) in [6.45, 7) is 5.49. The first-order valence-corrected chi connectivity index (χ1v) is 13.2. The van der Waals surface area contributed by atoms with Gasteiger partial charge in [-0.1, -0.05) is 0 Å². The number of carbonyl (C=O) groups is 3. The van der Waals surface area contributed by atoms with Crippen molar-refractivity contribution < 1.29 is 38.3 Å². The van der Waals surface area contributed by atoms with Crippen LogP contribution < -0.4 is 10.1 Å². The average Bonchev–Trinajstić information content (AvgIpc) is 3.43. The molecule has 1 amide bonds. The van der Waals surface area contributed by atoms with Gasteiger partial charge in [0.15, 0.2) is 0 Å². The summed E-state index contributed by atoms with van der Waals surface area (Å²) in [5, 5.41) is 14.4. The third-order valence-electron chi connectivity index (χ3n) is 5.81. The molecule has 0 saturated heterocycles. The maximum Gasteiger partial charge on any atom is 0.412 e. The molecule has 4 rings (SSSR count). The van der Waals surface area contributed by atoms with E-state index in [0.717, 1.165) is 0 Å². The summed E-state index contributed by atoms with van der Waals surface area (Å²) in [4.78, 5) is 60.6. The van der Waals surface area contributed by atoms with Gasteiger partial charge < -0.3 is 23.5 Å². The van der Waals surface area contributed by atoms with E-state index in [9.17, 15) is 24.5 Å². The number of fused-ring (bicyclic) bond motifs is 1. The first-order chi connectivity index (χ1) is 20.7. The molecule has 15 heteroatoms. The second-order valence-electron chi connectivity index (χ2n) is 8.79. The second-order valence-corrected chi connectivity index (χ2v) is 8.79. The number of aromatic nitrogens is 4. The SMILES string of the molecule is CCOC(=O)c1ccc(NC(=O)OCc2cn(Cc3cc4nc(C(=O)OCC)c(OCC)nc4cc3[N+](=O)[O-])cn2)cc1. The Hall–Kier alpha value is -5.60. The second kappa shape index (κ2) is 13.8. The number of esters is 2. The first-order valence-electron chi connectivity index (χ1n) is 13.2. The van der Waals surface area contributed by atoms with Crippen molar-refractivity contribution in [2.24, 2.45) is 0 Å². The van der Waals surface area contributed by atoms with E-state index < -0.39 is 23.0 Å². The number of rotatable bonds is 12. The third-order valence-corrected chi connectivity index (χ3v) is 5.81. The molecule has 1 N–H and O–H groups in total. The van der Waals surface area contributed by atoms with Crippen LogP contribution in [0, 0.1) is 10.1 Å². The van der Waals surface area contributed by atoms with Crippen LogP contribution in [0.5, 0.6) is 5.88 Å². The molecular weight excluding hydrogens is 564 g/mol. The van der Waals surface area contributed by atoms with Gasteiger partial charge in [0, 0.05) is 18.0 Å². The molecule has 2 heterocycles. The molecule has 0 saturated carbocycles. The number of imidazole rings is 1. The highest BCUT2D eigenvalue weighted by molar-refractivity contribution is 5.93. The summed E-state index contributed by atoms with van der Waals surface area (Å²) >= 11 is 0. The Morgan fingerprint density at radius 2 is 1.63 bits per heavy atom. The number of nitro groups is 1. The van der Waals surface area contributed by atoms with Crippen molar-refractivity contribution in [2.45, 2.75) is 33.9 Å². The van der Waals surface area contributed by atoms with E-state index in [2.05, 4.69) is 20.3 Å². The summed E-state index contributed by atoms with van der Waals surface area (Å²) in [7, 11) is 0. The van der Waals surface area contributed by atoms with E-state index in [-0.39, 0.29) is 66.8 Å². The Morgan fingerprint density at radius 3 is 2.30 bits per heavy atom.